The lowest BCUT2D eigenvalue weighted by Gasteiger charge is -2.48. The molecule has 64 heavy (non-hydrogen) atoms. The van der Waals surface area contributed by atoms with Crippen LogP contribution in [0.15, 0.2) is 109 Å². The number of rotatable bonds is 6. The summed E-state index contributed by atoms with van der Waals surface area (Å²) < 4.78 is 0. The number of hydrogen-bond acceptors (Lipinski definition) is 2. The SMILES string of the molecule is Cc1ccc(N(c2ccc3c(c2)C24CC(C)(C)CC2(CC(C)(C)C4)c2cc(N(c4ccc(C)cc4)c4c(C)cc(C(C)(C)C)cc4C)ccc2-3)c2c(C)cc(C(C)(C)C)cc2C)cc1. The molecule has 0 atom stereocenters. The summed E-state index contributed by atoms with van der Waals surface area (Å²) in [4.78, 5) is 5.14. The molecular formula is C62H74N2. The third-order valence-corrected chi connectivity index (χ3v) is 15.6. The van der Waals surface area contributed by atoms with E-state index in [9.17, 15) is 0 Å². The molecule has 3 aliphatic rings. The van der Waals surface area contributed by atoms with E-state index in [1.54, 1.807) is 11.1 Å². The highest BCUT2D eigenvalue weighted by Crippen LogP contribution is 2.76. The van der Waals surface area contributed by atoms with Crippen LogP contribution in [-0.2, 0) is 21.7 Å². The van der Waals surface area contributed by atoms with E-state index in [1.165, 1.54) is 115 Å². The van der Waals surface area contributed by atoms with Crippen molar-refractivity contribution in [2.75, 3.05) is 9.80 Å². The van der Waals surface area contributed by atoms with Crippen LogP contribution in [0.4, 0.5) is 34.1 Å². The van der Waals surface area contributed by atoms with E-state index in [4.69, 9.17) is 0 Å². The van der Waals surface area contributed by atoms with Crippen molar-refractivity contribution in [3.8, 4) is 11.1 Å². The molecule has 6 aromatic carbocycles. The minimum Gasteiger partial charge on any atom is -0.310 e. The molecule has 0 unspecified atom stereocenters. The second-order valence-electron chi connectivity index (χ2n) is 24.4. The van der Waals surface area contributed by atoms with Gasteiger partial charge in [0.25, 0.3) is 0 Å². The fourth-order valence-corrected chi connectivity index (χ4v) is 13.4. The summed E-state index contributed by atoms with van der Waals surface area (Å²) in [5.74, 6) is 0. The van der Waals surface area contributed by atoms with E-state index in [0.29, 0.717) is 0 Å². The van der Waals surface area contributed by atoms with Crippen molar-refractivity contribution in [1.82, 2.24) is 0 Å². The van der Waals surface area contributed by atoms with Gasteiger partial charge in [0, 0.05) is 33.6 Å². The standard InChI is InChI=1S/C62H74N2/c1-39-17-21-47(22-18-39)63(55-41(3)29-45(30-42(55)4)57(7,8)9)49-25-27-51-52-28-26-50(34-54(52)62-37-59(13,14)35-61(62,53(51)33-49)36-60(15,16)38-62)64(48-23-19-40(2)20-24-48)56-43(5)31-46(32-44(56)6)58(10,11)12/h17-34H,35-38H2,1-16H3. The third kappa shape index (κ3) is 7.14. The number of nitrogens with zero attached hydrogens (tertiary/aromatic N) is 2. The molecule has 2 fully saturated rings. The summed E-state index contributed by atoms with van der Waals surface area (Å²) in [7, 11) is 0. The lowest BCUT2D eigenvalue weighted by molar-refractivity contribution is 0.264. The molecule has 2 nitrogen and oxygen atoms in total. The Morgan fingerprint density at radius 1 is 0.375 bits per heavy atom. The van der Waals surface area contributed by atoms with Gasteiger partial charge in [-0.15, -0.1) is 0 Å². The lowest BCUT2D eigenvalue weighted by Crippen LogP contribution is -2.43. The average molecular weight is 847 g/mol. The highest BCUT2D eigenvalue weighted by Gasteiger charge is 2.70. The van der Waals surface area contributed by atoms with Crippen LogP contribution in [0.3, 0.4) is 0 Å². The first-order valence-electron chi connectivity index (χ1n) is 24.1. The molecule has 0 radical (unpaired) electrons. The van der Waals surface area contributed by atoms with Crippen molar-refractivity contribution in [1.29, 1.82) is 0 Å². The van der Waals surface area contributed by atoms with Gasteiger partial charge in [0.15, 0.2) is 0 Å². The van der Waals surface area contributed by atoms with Crippen molar-refractivity contribution < 1.29 is 0 Å². The maximum atomic E-state index is 2.66. The predicted molar refractivity (Wildman–Crippen MR) is 276 cm³/mol. The Morgan fingerprint density at radius 3 is 0.938 bits per heavy atom. The summed E-state index contributed by atoms with van der Waals surface area (Å²) in [5.41, 5.74) is 24.5. The maximum absolute atomic E-state index is 2.66. The Hall–Kier alpha value is -5.08. The largest absolute Gasteiger partial charge is 0.310 e. The van der Waals surface area contributed by atoms with Crippen molar-refractivity contribution in [3.05, 3.63) is 165 Å². The summed E-state index contributed by atoms with van der Waals surface area (Å²) in [6, 6.07) is 43.3. The topological polar surface area (TPSA) is 6.48 Å². The van der Waals surface area contributed by atoms with E-state index in [-0.39, 0.29) is 32.5 Å². The zero-order valence-corrected chi connectivity index (χ0v) is 42.1. The van der Waals surface area contributed by atoms with Crippen molar-refractivity contribution in [2.45, 2.75) is 158 Å². The van der Waals surface area contributed by atoms with Gasteiger partial charge in [0.1, 0.15) is 0 Å². The van der Waals surface area contributed by atoms with Crippen LogP contribution in [0.1, 0.15) is 151 Å². The van der Waals surface area contributed by atoms with Gasteiger partial charge >= 0.3 is 0 Å². The summed E-state index contributed by atoms with van der Waals surface area (Å²) in [5, 5.41) is 0. The molecule has 332 valence electrons. The molecule has 6 aromatic rings. The molecule has 0 aromatic heterocycles. The van der Waals surface area contributed by atoms with Gasteiger partial charge in [-0.1, -0.05) is 141 Å². The number of aryl methyl sites for hydroxylation is 6. The Balaban J connectivity index is 1.30. The normalized spacial score (nSPS) is 20.6. The van der Waals surface area contributed by atoms with Crippen LogP contribution in [-0.4, -0.2) is 0 Å². The van der Waals surface area contributed by atoms with E-state index in [2.05, 4.69) is 230 Å². The van der Waals surface area contributed by atoms with Gasteiger partial charge in [-0.05, 0) is 193 Å². The molecule has 0 aliphatic heterocycles. The first kappa shape index (κ1) is 44.1. The van der Waals surface area contributed by atoms with E-state index >= 15 is 0 Å². The fourth-order valence-electron chi connectivity index (χ4n) is 13.4. The van der Waals surface area contributed by atoms with Crippen LogP contribution in [0.25, 0.3) is 11.1 Å². The van der Waals surface area contributed by atoms with Gasteiger partial charge in [-0.25, -0.2) is 0 Å². The highest BCUT2D eigenvalue weighted by atomic mass is 15.2. The van der Waals surface area contributed by atoms with Gasteiger partial charge in [-0.3, -0.25) is 0 Å². The Labute approximate surface area is 387 Å². The Morgan fingerprint density at radius 2 is 0.656 bits per heavy atom. The molecule has 2 heteroatoms. The quantitative estimate of drug-likeness (QED) is 0.165. The first-order chi connectivity index (χ1) is 29.8. The maximum Gasteiger partial charge on any atom is 0.0520 e. The molecular weight excluding hydrogens is 773 g/mol. The molecule has 0 amide bonds. The summed E-state index contributed by atoms with van der Waals surface area (Å²) in [6.45, 7) is 37.8. The van der Waals surface area contributed by atoms with Crippen LogP contribution in [0.5, 0.6) is 0 Å². The zero-order valence-electron chi connectivity index (χ0n) is 42.1. The predicted octanol–water partition coefficient (Wildman–Crippen LogP) is 17.9. The smallest absolute Gasteiger partial charge is 0.0520 e. The second kappa shape index (κ2) is 14.7. The zero-order chi connectivity index (χ0) is 46.1. The molecule has 9 rings (SSSR count). The van der Waals surface area contributed by atoms with Crippen LogP contribution in [0.2, 0.25) is 0 Å². The molecule has 0 N–H and O–H groups in total. The number of anilines is 6. The van der Waals surface area contributed by atoms with Gasteiger partial charge in [0.05, 0.1) is 11.4 Å². The molecule has 0 heterocycles. The monoisotopic (exact) mass is 847 g/mol. The summed E-state index contributed by atoms with van der Waals surface area (Å²) >= 11 is 0. The third-order valence-electron chi connectivity index (χ3n) is 15.6. The first-order valence-corrected chi connectivity index (χ1v) is 24.1. The molecule has 0 spiro atoms. The van der Waals surface area contributed by atoms with Gasteiger partial charge < -0.3 is 9.80 Å². The van der Waals surface area contributed by atoms with E-state index in [0.717, 1.165) is 0 Å². The van der Waals surface area contributed by atoms with E-state index < -0.39 is 0 Å². The van der Waals surface area contributed by atoms with E-state index in [1.807, 2.05) is 0 Å². The second-order valence-corrected chi connectivity index (χ2v) is 24.4. The highest BCUT2D eigenvalue weighted by molar-refractivity contribution is 5.89. The van der Waals surface area contributed by atoms with Gasteiger partial charge in [-0.2, -0.15) is 0 Å². The van der Waals surface area contributed by atoms with Crippen molar-refractivity contribution in [2.24, 2.45) is 10.8 Å². The minimum atomic E-state index is -0.00895. The molecule has 0 saturated heterocycles. The Kier molecular flexibility index (Phi) is 10.1. The van der Waals surface area contributed by atoms with Crippen LogP contribution in [0, 0.1) is 52.4 Å². The van der Waals surface area contributed by atoms with Crippen molar-refractivity contribution in [3.63, 3.8) is 0 Å². The summed E-state index contributed by atoms with van der Waals surface area (Å²) in [6.07, 6.45) is 4.72. The lowest BCUT2D eigenvalue weighted by atomic mass is 9.55. The minimum absolute atomic E-state index is 0.00895. The molecule has 3 aliphatic carbocycles. The number of fused-ring (bicyclic) bond motifs is 3. The molecule has 0 bridgehead atoms. The molecule has 2 saturated carbocycles. The van der Waals surface area contributed by atoms with Crippen LogP contribution >= 0.6 is 0 Å². The number of benzene rings is 6. The van der Waals surface area contributed by atoms with Crippen molar-refractivity contribution >= 4 is 34.1 Å². The van der Waals surface area contributed by atoms with Crippen LogP contribution < -0.4 is 9.80 Å². The number of hydrogen-bond donors (Lipinski definition) is 0. The average Bonchev–Trinajstić information content (AvgIpc) is 3.57. The van der Waals surface area contributed by atoms with Gasteiger partial charge in [0.2, 0.25) is 0 Å². The Bertz CT molecular complexity index is 2540. The fraction of sp³-hybridized carbons (Fsp3) is 0.419.